The number of nitrogens with two attached hydrogens (primary N) is 1. The third-order valence-electron chi connectivity index (χ3n) is 3.18. The first-order valence-electron chi connectivity index (χ1n) is 6.29. The summed E-state index contributed by atoms with van der Waals surface area (Å²) in [6.07, 6.45) is 2.73. The number of nitrogens with one attached hydrogen (secondary N) is 2. The number of hydrogen-bond acceptors (Lipinski definition) is 8. The molecule has 4 N–H and O–H groups in total. The van der Waals surface area contributed by atoms with Crippen LogP contribution in [0, 0.1) is 10.1 Å². The fourth-order valence-corrected chi connectivity index (χ4v) is 2.31. The van der Waals surface area contributed by atoms with E-state index >= 15 is 0 Å². The molecule has 1 unspecified atom stereocenters. The molecule has 0 aromatic carbocycles. The third kappa shape index (κ3) is 3.11. The molecule has 0 bridgehead atoms. The van der Waals surface area contributed by atoms with E-state index in [-0.39, 0.29) is 29.0 Å². The van der Waals surface area contributed by atoms with Crippen molar-refractivity contribution in [3.8, 4) is 0 Å². The van der Waals surface area contributed by atoms with Crippen molar-refractivity contribution in [2.45, 2.75) is 38.3 Å². The summed E-state index contributed by atoms with van der Waals surface area (Å²) in [6.45, 7) is 4.58. The van der Waals surface area contributed by atoms with Gasteiger partial charge in [-0.25, -0.2) is 15.8 Å². The summed E-state index contributed by atoms with van der Waals surface area (Å²) >= 11 is 0. The second-order valence-corrected chi connectivity index (χ2v) is 5.26. The molecule has 1 atom stereocenters. The van der Waals surface area contributed by atoms with Crippen LogP contribution in [-0.2, 0) is 4.74 Å². The number of hydrazine groups is 1. The van der Waals surface area contributed by atoms with Gasteiger partial charge in [-0.15, -0.1) is 0 Å². The number of nitrogen functional groups attached to an aromatic ring is 1. The van der Waals surface area contributed by atoms with E-state index in [2.05, 4.69) is 20.7 Å². The molecule has 1 aromatic heterocycles. The highest BCUT2D eigenvalue weighted by atomic mass is 16.6. The minimum atomic E-state index is -0.554. The Morgan fingerprint density at radius 2 is 2.20 bits per heavy atom. The maximum Gasteiger partial charge on any atom is 0.354 e. The van der Waals surface area contributed by atoms with E-state index in [0.29, 0.717) is 6.61 Å². The predicted octanol–water partition coefficient (Wildman–Crippen LogP) is 1.04. The Bertz CT molecular complexity index is 507. The first kappa shape index (κ1) is 14.4. The van der Waals surface area contributed by atoms with Gasteiger partial charge in [0.15, 0.2) is 0 Å². The smallest absolute Gasteiger partial charge is 0.354 e. The van der Waals surface area contributed by atoms with Gasteiger partial charge in [0.25, 0.3) is 0 Å². The van der Waals surface area contributed by atoms with Crippen LogP contribution in [0.4, 0.5) is 17.3 Å². The van der Waals surface area contributed by atoms with Crippen LogP contribution < -0.4 is 16.6 Å². The lowest BCUT2D eigenvalue weighted by atomic mass is 9.94. The van der Waals surface area contributed by atoms with Crippen LogP contribution in [-0.4, -0.2) is 33.1 Å². The van der Waals surface area contributed by atoms with E-state index in [4.69, 9.17) is 10.6 Å². The van der Waals surface area contributed by atoms with E-state index in [1.807, 2.05) is 13.8 Å². The molecule has 9 nitrogen and oxygen atoms in total. The van der Waals surface area contributed by atoms with Crippen molar-refractivity contribution in [3.63, 3.8) is 0 Å². The highest BCUT2D eigenvalue weighted by Crippen LogP contribution is 2.31. The van der Waals surface area contributed by atoms with Crippen molar-refractivity contribution in [2.24, 2.45) is 5.84 Å². The average molecular weight is 282 g/mol. The van der Waals surface area contributed by atoms with Gasteiger partial charge in [0.1, 0.15) is 6.33 Å². The number of nitrogens with zero attached hydrogens (tertiary/aromatic N) is 3. The summed E-state index contributed by atoms with van der Waals surface area (Å²) < 4.78 is 5.62. The van der Waals surface area contributed by atoms with Crippen molar-refractivity contribution >= 4 is 17.3 Å². The lowest BCUT2D eigenvalue weighted by Crippen LogP contribution is -2.40. The quantitative estimate of drug-likeness (QED) is 0.424. The maximum absolute atomic E-state index is 11.1. The Morgan fingerprint density at radius 3 is 2.80 bits per heavy atom. The van der Waals surface area contributed by atoms with E-state index in [0.717, 1.165) is 12.8 Å². The average Bonchev–Trinajstić information content (AvgIpc) is 2.36. The van der Waals surface area contributed by atoms with Crippen LogP contribution in [0.3, 0.4) is 0 Å². The monoisotopic (exact) mass is 282 g/mol. The molecule has 0 amide bonds. The van der Waals surface area contributed by atoms with E-state index in [1.54, 1.807) is 0 Å². The minimum Gasteiger partial charge on any atom is -0.375 e. The summed E-state index contributed by atoms with van der Waals surface area (Å²) in [5.74, 6) is 5.39. The molecule has 2 heterocycles. The standard InChI is InChI=1S/C11H18N6O3/c1-11(2)5-7(3-4-20-11)15-9-8(17(18)19)10(16-12)14-6-13-9/h6-7H,3-5,12H2,1-2H3,(H2,13,14,15,16). The molecule has 20 heavy (non-hydrogen) atoms. The molecule has 1 aliphatic rings. The van der Waals surface area contributed by atoms with Gasteiger partial charge in [-0.05, 0) is 26.7 Å². The van der Waals surface area contributed by atoms with Gasteiger partial charge in [-0.2, -0.15) is 0 Å². The molecule has 110 valence electrons. The summed E-state index contributed by atoms with van der Waals surface area (Å²) in [5.41, 5.74) is 1.71. The van der Waals surface area contributed by atoms with E-state index in [9.17, 15) is 10.1 Å². The molecule has 0 saturated carbocycles. The van der Waals surface area contributed by atoms with Gasteiger partial charge in [0.2, 0.25) is 11.6 Å². The fraction of sp³-hybridized carbons (Fsp3) is 0.636. The van der Waals surface area contributed by atoms with Gasteiger partial charge in [-0.3, -0.25) is 10.1 Å². The van der Waals surface area contributed by atoms with Gasteiger partial charge in [-0.1, -0.05) is 0 Å². The van der Waals surface area contributed by atoms with Gasteiger partial charge >= 0.3 is 5.69 Å². The molecule has 1 fully saturated rings. The Labute approximate surface area is 116 Å². The molecule has 1 aliphatic heterocycles. The summed E-state index contributed by atoms with van der Waals surface area (Å²) in [6, 6.07) is 0.0537. The molecular formula is C11H18N6O3. The lowest BCUT2D eigenvalue weighted by molar-refractivity contribution is -0.383. The SMILES string of the molecule is CC1(C)CC(Nc2ncnc(NN)c2[N+](=O)[O-])CCO1. The Hall–Kier alpha value is -2.00. The Kier molecular flexibility index (Phi) is 4.00. The Balaban J connectivity index is 2.23. The highest BCUT2D eigenvalue weighted by Gasteiger charge is 2.31. The van der Waals surface area contributed by atoms with Crippen molar-refractivity contribution in [1.82, 2.24) is 9.97 Å². The largest absolute Gasteiger partial charge is 0.375 e. The summed E-state index contributed by atoms with van der Waals surface area (Å²) in [4.78, 5) is 18.3. The zero-order valence-corrected chi connectivity index (χ0v) is 11.4. The summed E-state index contributed by atoms with van der Waals surface area (Å²) in [5, 5.41) is 14.2. The van der Waals surface area contributed by atoms with Crippen LogP contribution in [0.2, 0.25) is 0 Å². The van der Waals surface area contributed by atoms with E-state index in [1.165, 1.54) is 6.33 Å². The second-order valence-electron chi connectivity index (χ2n) is 5.26. The van der Waals surface area contributed by atoms with Crippen LogP contribution in [0.5, 0.6) is 0 Å². The number of nitro groups is 1. The number of anilines is 2. The van der Waals surface area contributed by atoms with Crippen LogP contribution in [0.25, 0.3) is 0 Å². The highest BCUT2D eigenvalue weighted by molar-refractivity contribution is 5.69. The van der Waals surface area contributed by atoms with Gasteiger partial charge in [0.05, 0.1) is 10.5 Å². The number of aromatic nitrogens is 2. The molecule has 0 radical (unpaired) electrons. The molecule has 1 aromatic rings. The molecule has 2 rings (SSSR count). The fourth-order valence-electron chi connectivity index (χ4n) is 2.31. The summed E-state index contributed by atoms with van der Waals surface area (Å²) in [7, 11) is 0. The lowest BCUT2D eigenvalue weighted by Gasteiger charge is -2.35. The van der Waals surface area contributed by atoms with Crippen LogP contribution in [0.15, 0.2) is 6.33 Å². The van der Waals surface area contributed by atoms with Crippen molar-refractivity contribution in [1.29, 1.82) is 0 Å². The molecule has 9 heteroatoms. The second kappa shape index (κ2) is 5.55. The molecule has 1 saturated heterocycles. The Morgan fingerprint density at radius 1 is 1.50 bits per heavy atom. The van der Waals surface area contributed by atoms with Gasteiger partial charge in [0, 0.05) is 12.6 Å². The normalized spacial score (nSPS) is 21.2. The number of ether oxygens (including phenoxy) is 1. The predicted molar refractivity (Wildman–Crippen MR) is 73.2 cm³/mol. The number of hydrogen-bond donors (Lipinski definition) is 3. The van der Waals surface area contributed by atoms with Gasteiger partial charge < -0.3 is 15.5 Å². The number of rotatable bonds is 4. The van der Waals surface area contributed by atoms with Crippen molar-refractivity contribution in [2.75, 3.05) is 17.3 Å². The van der Waals surface area contributed by atoms with Crippen LogP contribution in [0.1, 0.15) is 26.7 Å². The van der Waals surface area contributed by atoms with Crippen molar-refractivity contribution in [3.05, 3.63) is 16.4 Å². The zero-order chi connectivity index (χ0) is 14.8. The van der Waals surface area contributed by atoms with Crippen LogP contribution >= 0.6 is 0 Å². The maximum atomic E-state index is 11.1. The topological polar surface area (TPSA) is 128 Å². The first-order chi connectivity index (χ1) is 9.43. The molecule has 0 spiro atoms. The third-order valence-corrected chi connectivity index (χ3v) is 3.18. The zero-order valence-electron chi connectivity index (χ0n) is 11.4. The van der Waals surface area contributed by atoms with E-state index < -0.39 is 4.92 Å². The molecular weight excluding hydrogens is 264 g/mol. The first-order valence-corrected chi connectivity index (χ1v) is 6.29. The van der Waals surface area contributed by atoms with Crippen molar-refractivity contribution < 1.29 is 9.66 Å². The molecule has 0 aliphatic carbocycles. The minimum absolute atomic E-state index is 0.0150.